The molecule has 0 aromatic heterocycles. The van der Waals surface area contributed by atoms with E-state index in [-0.39, 0.29) is 40.8 Å². The maximum Gasteiger partial charge on any atom is 0.0311 e. The zero-order chi connectivity index (χ0) is 13.5. The summed E-state index contributed by atoms with van der Waals surface area (Å²) >= 11 is 0. The van der Waals surface area contributed by atoms with E-state index < -0.39 is 31.2 Å². The van der Waals surface area contributed by atoms with Gasteiger partial charge in [0.25, 0.3) is 0 Å². The van der Waals surface area contributed by atoms with Gasteiger partial charge in [0.1, 0.15) is 0 Å². The Bertz CT molecular complexity index is 341. The summed E-state index contributed by atoms with van der Waals surface area (Å²) in [5.41, 5.74) is 0. The fraction of sp³-hybridized carbons (Fsp3) is 0. The van der Waals surface area contributed by atoms with Crippen LogP contribution in [-0.2, 0) is 72.0 Å². The van der Waals surface area contributed by atoms with Crippen LogP contribution < -0.4 is 0 Å². The minimum Gasteiger partial charge on any atom is -0.759 e. The van der Waals surface area contributed by atoms with E-state index in [9.17, 15) is 0 Å². The molecule has 0 aliphatic rings. The third-order valence-electron chi connectivity index (χ3n) is 0. The first-order chi connectivity index (χ1) is 6.00. The van der Waals surface area contributed by atoms with Gasteiger partial charge in [-0.15, -0.1) is 0 Å². The van der Waals surface area contributed by atoms with Crippen molar-refractivity contribution in [1.82, 2.24) is 0 Å². The minimum absolute atomic E-state index is 0. The predicted molar refractivity (Wildman–Crippen MR) is 31.4 cm³/mol. The SMILES string of the molecule is O=S(=O)([O-])[O-].O=S(=O)([O-])[O-].O=S(=O)([O-])[O-].[Re].[Re]. The second-order valence-corrected chi connectivity index (χ2v) is 3.67. The van der Waals surface area contributed by atoms with Crippen molar-refractivity contribution >= 4 is 31.2 Å². The summed E-state index contributed by atoms with van der Waals surface area (Å²) in [7, 11) is -15.5. The van der Waals surface area contributed by atoms with Gasteiger partial charge in [0.05, 0.1) is 0 Å². The van der Waals surface area contributed by atoms with Crippen molar-refractivity contribution in [2.24, 2.45) is 0 Å². The predicted octanol–water partition coefficient (Wildman–Crippen LogP) is -4.02. The summed E-state index contributed by atoms with van der Waals surface area (Å²) in [5, 5.41) is 0. The summed E-state index contributed by atoms with van der Waals surface area (Å²) in [4.78, 5) is 0. The molecule has 0 N–H and O–H groups in total. The van der Waals surface area contributed by atoms with Gasteiger partial charge < -0.3 is 27.3 Å². The molecule has 0 aliphatic heterocycles. The van der Waals surface area contributed by atoms with E-state index in [4.69, 9.17) is 52.6 Å². The Balaban J connectivity index is -0.0000000400. The topological polar surface area (TPSA) is 241 Å². The van der Waals surface area contributed by atoms with Crippen molar-refractivity contribution in [3.63, 3.8) is 0 Å². The summed E-state index contributed by atoms with van der Waals surface area (Å²) < 4.78 is 102. The van der Waals surface area contributed by atoms with E-state index in [1.807, 2.05) is 0 Å². The minimum atomic E-state index is -5.17. The zero-order valence-electron chi connectivity index (χ0n) is 6.88. The molecule has 17 heavy (non-hydrogen) atoms. The normalized spacial score (nSPS) is 10.2. The van der Waals surface area contributed by atoms with Crippen LogP contribution in [0.4, 0.5) is 0 Å². The van der Waals surface area contributed by atoms with Gasteiger partial charge in [0.15, 0.2) is 0 Å². The molecule has 12 nitrogen and oxygen atoms in total. The second-order valence-electron chi connectivity index (χ2n) is 1.22. The molecular formula is O12Re2S3-6. The molecule has 0 spiro atoms. The molecule has 0 atom stereocenters. The van der Waals surface area contributed by atoms with Gasteiger partial charge in [0.2, 0.25) is 0 Å². The quantitative estimate of drug-likeness (QED) is 0.178. The largest absolute Gasteiger partial charge is 0.759 e. The van der Waals surface area contributed by atoms with Crippen LogP contribution in [0.2, 0.25) is 0 Å². The zero-order valence-corrected chi connectivity index (χ0v) is 14.8. The van der Waals surface area contributed by atoms with Crippen LogP contribution in [-0.4, -0.2) is 52.6 Å². The van der Waals surface area contributed by atoms with Gasteiger partial charge in [-0.25, -0.2) is 0 Å². The molecule has 0 fully saturated rings. The first kappa shape index (κ1) is 30.7. The molecular weight excluding hydrogens is 661 g/mol. The molecule has 0 aromatic carbocycles. The molecule has 0 saturated heterocycles. The molecule has 0 aromatic rings. The maximum absolute atomic E-state index is 8.52. The van der Waals surface area contributed by atoms with E-state index in [0.717, 1.165) is 0 Å². The molecule has 110 valence electrons. The van der Waals surface area contributed by atoms with Crippen molar-refractivity contribution in [2.45, 2.75) is 0 Å². The van der Waals surface area contributed by atoms with Crippen LogP contribution in [0.15, 0.2) is 0 Å². The Morgan fingerprint density at radius 2 is 0.412 bits per heavy atom. The van der Waals surface area contributed by atoms with Crippen molar-refractivity contribution in [3.8, 4) is 0 Å². The molecule has 0 heterocycles. The first-order valence-electron chi connectivity index (χ1n) is 2.00. The van der Waals surface area contributed by atoms with Gasteiger partial charge in [-0.2, -0.15) is 0 Å². The monoisotopic (exact) mass is 662 g/mol. The Morgan fingerprint density at radius 3 is 0.412 bits per heavy atom. The van der Waals surface area contributed by atoms with Crippen molar-refractivity contribution in [2.75, 3.05) is 0 Å². The third kappa shape index (κ3) is 4320. The smallest absolute Gasteiger partial charge is 0.0311 e. The Labute approximate surface area is 124 Å². The number of hydrogen-bond acceptors (Lipinski definition) is 12. The maximum atomic E-state index is 8.52. The van der Waals surface area contributed by atoms with Crippen LogP contribution in [0.5, 0.6) is 0 Å². The van der Waals surface area contributed by atoms with Crippen LogP contribution in [0, 0.1) is 0 Å². The Hall–Kier alpha value is 0.935. The van der Waals surface area contributed by atoms with Crippen LogP contribution in [0.3, 0.4) is 0 Å². The van der Waals surface area contributed by atoms with Gasteiger partial charge in [-0.3, -0.25) is 25.3 Å². The Morgan fingerprint density at radius 1 is 0.412 bits per heavy atom. The van der Waals surface area contributed by atoms with E-state index in [1.54, 1.807) is 0 Å². The van der Waals surface area contributed by atoms with E-state index >= 15 is 0 Å². The summed E-state index contributed by atoms with van der Waals surface area (Å²) in [6, 6.07) is 0. The summed E-state index contributed by atoms with van der Waals surface area (Å²) in [5.74, 6) is 0. The fourth-order valence-electron chi connectivity index (χ4n) is 0. The summed E-state index contributed by atoms with van der Waals surface area (Å²) in [6.07, 6.45) is 0. The standard InChI is InChI=1S/3H2O4S.2Re/c3*1-5(2,3)4;;/h3*(H2,1,2,3,4);;/p-6. The van der Waals surface area contributed by atoms with Gasteiger partial charge >= 0.3 is 0 Å². The van der Waals surface area contributed by atoms with E-state index in [0.29, 0.717) is 0 Å². The Kier molecular flexibility index (Phi) is 21.7. The van der Waals surface area contributed by atoms with Crippen molar-refractivity contribution in [3.05, 3.63) is 0 Å². The molecule has 0 rings (SSSR count). The molecule has 0 aliphatic carbocycles. The molecule has 0 saturated carbocycles. The van der Waals surface area contributed by atoms with Crippen molar-refractivity contribution < 1.29 is 93.4 Å². The molecule has 0 amide bonds. The van der Waals surface area contributed by atoms with E-state index in [2.05, 4.69) is 0 Å². The van der Waals surface area contributed by atoms with Crippen LogP contribution >= 0.6 is 0 Å². The average molecular weight is 661 g/mol. The summed E-state index contributed by atoms with van der Waals surface area (Å²) in [6.45, 7) is 0. The first-order valence-corrected chi connectivity index (χ1v) is 6.00. The van der Waals surface area contributed by atoms with Gasteiger partial charge in [-0.1, -0.05) is 0 Å². The van der Waals surface area contributed by atoms with Gasteiger partial charge in [-0.05, 0) is 0 Å². The second kappa shape index (κ2) is 12.0. The van der Waals surface area contributed by atoms with E-state index in [1.165, 1.54) is 0 Å². The molecule has 0 bridgehead atoms. The van der Waals surface area contributed by atoms with Gasteiger partial charge in [0, 0.05) is 72.0 Å². The van der Waals surface area contributed by atoms with Crippen LogP contribution in [0.25, 0.3) is 0 Å². The number of rotatable bonds is 0. The van der Waals surface area contributed by atoms with Crippen LogP contribution in [0.1, 0.15) is 0 Å². The molecule has 0 unspecified atom stereocenters. The third-order valence-corrected chi connectivity index (χ3v) is 0. The average Bonchev–Trinajstić information content (AvgIpc) is 1.41. The molecule has 2 radical (unpaired) electrons. The van der Waals surface area contributed by atoms with Crippen molar-refractivity contribution in [1.29, 1.82) is 0 Å². The molecule has 17 heteroatoms. The number of hydrogen-bond donors (Lipinski definition) is 0. The fourth-order valence-corrected chi connectivity index (χ4v) is 0.